The molecule has 0 bridgehead atoms. The van der Waals surface area contributed by atoms with Gasteiger partial charge in [-0.25, -0.2) is 8.42 Å². The molecule has 2 fully saturated rings. The molecule has 0 aromatic heterocycles. The summed E-state index contributed by atoms with van der Waals surface area (Å²) in [5.74, 6) is -0.885. The Kier molecular flexibility index (Phi) is 9.09. The molecule has 4 rings (SSSR count). The standard InChI is InChI=1S/C28H34F3N3O5S/c1-27(19-23(27)20-10-12-22(13-11-20)39-28(29,30)31)32-14-6-5-9-24(33-25(35)21-7-3-2-4-8-21)26(36)34-15-17-40(37,38)18-16-34/h2-4,7-8,10-13,23-24,32H,5-6,9,14-19H2,1H3,(H,33,35)/t23-,24-,27?/m0/s1. The highest BCUT2D eigenvalue weighted by Crippen LogP contribution is 2.51. The summed E-state index contributed by atoms with van der Waals surface area (Å²) in [7, 11) is -3.15. The summed E-state index contributed by atoms with van der Waals surface area (Å²) in [5.41, 5.74) is 1.19. The summed E-state index contributed by atoms with van der Waals surface area (Å²) in [6, 6.07) is 13.8. The molecule has 40 heavy (non-hydrogen) atoms. The van der Waals surface area contributed by atoms with Crippen LogP contribution in [0, 0.1) is 0 Å². The third kappa shape index (κ3) is 8.20. The molecule has 218 valence electrons. The third-order valence-corrected chi connectivity index (χ3v) is 9.11. The van der Waals surface area contributed by atoms with E-state index in [1.165, 1.54) is 17.0 Å². The number of hydrogen-bond donors (Lipinski definition) is 2. The maximum Gasteiger partial charge on any atom is 0.573 e. The van der Waals surface area contributed by atoms with Crippen molar-refractivity contribution in [2.24, 2.45) is 0 Å². The predicted molar refractivity (Wildman–Crippen MR) is 144 cm³/mol. The van der Waals surface area contributed by atoms with E-state index in [-0.39, 0.29) is 53.6 Å². The Hall–Kier alpha value is -3.12. The van der Waals surface area contributed by atoms with E-state index in [1.807, 2.05) is 0 Å². The van der Waals surface area contributed by atoms with Crippen LogP contribution in [-0.2, 0) is 14.6 Å². The monoisotopic (exact) mass is 581 g/mol. The number of nitrogens with zero attached hydrogens (tertiary/aromatic N) is 1. The average molecular weight is 582 g/mol. The highest BCUT2D eigenvalue weighted by atomic mass is 32.2. The number of sulfone groups is 1. The van der Waals surface area contributed by atoms with Crippen molar-refractivity contribution in [1.82, 2.24) is 15.5 Å². The van der Waals surface area contributed by atoms with Gasteiger partial charge in [-0.2, -0.15) is 0 Å². The highest BCUT2D eigenvalue weighted by molar-refractivity contribution is 7.91. The van der Waals surface area contributed by atoms with E-state index >= 15 is 0 Å². The van der Waals surface area contributed by atoms with Crippen LogP contribution in [0.15, 0.2) is 54.6 Å². The molecule has 1 saturated carbocycles. The van der Waals surface area contributed by atoms with Gasteiger partial charge in [0.05, 0.1) is 11.5 Å². The topological polar surface area (TPSA) is 105 Å². The maximum absolute atomic E-state index is 13.2. The summed E-state index contributed by atoms with van der Waals surface area (Å²) in [6.45, 7) is 2.96. The van der Waals surface area contributed by atoms with Gasteiger partial charge in [-0.3, -0.25) is 9.59 Å². The van der Waals surface area contributed by atoms with E-state index in [0.717, 1.165) is 18.4 Å². The molecule has 1 aliphatic carbocycles. The number of nitrogens with one attached hydrogen (secondary N) is 2. The zero-order valence-corrected chi connectivity index (χ0v) is 23.1. The van der Waals surface area contributed by atoms with Crippen LogP contribution in [0.2, 0.25) is 0 Å². The Morgan fingerprint density at radius 1 is 1.05 bits per heavy atom. The van der Waals surface area contributed by atoms with Gasteiger partial charge in [-0.1, -0.05) is 30.3 Å². The second-order valence-corrected chi connectivity index (χ2v) is 12.9. The van der Waals surface area contributed by atoms with Crippen molar-refractivity contribution in [1.29, 1.82) is 0 Å². The summed E-state index contributed by atoms with van der Waals surface area (Å²) in [6.07, 6.45) is -2.09. The van der Waals surface area contributed by atoms with Gasteiger partial charge in [-0.15, -0.1) is 13.2 Å². The number of alkyl halides is 3. The van der Waals surface area contributed by atoms with E-state index in [0.29, 0.717) is 24.9 Å². The first kappa shape index (κ1) is 29.9. The van der Waals surface area contributed by atoms with E-state index in [9.17, 15) is 31.2 Å². The van der Waals surface area contributed by atoms with Crippen molar-refractivity contribution in [3.63, 3.8) is 0 Å². The van der Waals surface area contributed by atoms with Crippen molar-refractivity contribution in [3.8, 4) is 5.75 Å². The number of unbranched alkanes of at least 4 members (excludes halogenated alkanes) is 1. The molecule has 3 atom stereocenters. The quantitative estimate of drug-likeness (QED) is 0.393. The normalized spacial score (nSPS) is 22.8. The smallest absolute Gasteiger partial charge is 0.406 e. The molecule has 1 unspecified atom stereocenters. The van der Waals surface area contributed by atoms with Crippen LogP contribution in [-0.4, -0.2) is 74.2 Å². The molecular weight excluding hydrogens is 547 g/mol. The highest BCUT2D eigenvalue weighted by Gasteiger charge is 2.50. The molecule has 12 heteroatoms. The van der Waals surface area contributed by atoms with E-state index < -0.39 is 22.2 Å². The summed E-state index contributed by atoms with van der Waals surface area (Å²) >= 11 is 0. The minimum absolute atomic E-state index is 0.0835. The largest absolute Gasteiger partial charge is 0.573 e. The maximum atomic E-state index is 13.2. The molecule has 2 amide bonds. The fourth-order valence-electron chi connectivity index (χ4n) is 5.04. The van der Waals surface area contributed by atoms with Gasteiger partial charge >= 0.3 is 6.36 Å². The first-order valence-electron chi connectivity index (χ1n) is 13.3. The van der Waals surface area contributed by atoms with E-state index in [1.54, 1.807) is 42.5 Å². The van der Waals surface area contributed by atoms with Crippen LogP contribution >= 0.6 is 0 Å². The Morgan fingerprint density at radius 3 is 2.33 bits per heavy atom. The molecule has 2 aromatic rings. The Balaban J connectivity index is 1.27. The lowest BCUT2D eigenvalue weighted by Crippen LogP contribution is -2.52. The number of carbonyl (C=O) groups is 2. The second-order valence-electron chi connectivity index (χ2n) is 10.6. The SMILES string of the molecule is CC1(NCCCC[C@H](NC(=O)c2ccccc2)C(=O)N2CCS(=O)(=O)CC2)C[C@H]1c1ccc(OC(F)(F)F)cc1. The number of amides is 2. The molecule has 2 N–H and O–H groups in total. The molecule has 2 aliphatic rings. The summed E-state index contributed by atoms with van der Waals surface area (Å²) < 4.78 is 64.7. The zero-order chi connectivity index (χ0) is 29.0. The lowest BCUT2D eigenvalue weighted by molar-refractivity contribution is -0.274. The lowest BCUT2D eigenvalue weighted by Gasteiger charge is -2.30. The first-order valence-corrected chi connectivity index (χ1v) is 15.1. The number of rotatable bonds is 11. The van der Waals surface area contributed by atoms with Crippen molar-refractivity contribution in [3.05, 3.63) is 65.7 Å². The zero-order valence-electron chi connectivity index (χ0n) is 22.2. The summed E-state index contributed by atoms with van der Waals surface area (Å²) in [4.78, 5) is 27.5. The summed E-state index contributed by atoms with van der Waals surface area (Å²) in [5, 5.41) is 6.35. The van der Waals surface area contributed by atoms with Gasteiger partial charge in [0, 0.05) is 30.1 Å². The van der Waals surface area contributed by atoms with Gasteiger partial charge in [0.1, 0.15) is 11.8 Å². The van der Waals surface area contributed by atoms with Gasteiger partial charge < -0.3 is 20.3 Å². The Labute approximate surface area is 232 Å². The van der Waals surface area contributed by atoms with Gasteiger partial charge in [0.25, 0.3) is 5.91 Å². The number of hydrogen-bond acceptors (Lipinski definition) is 6. The van der Waals surface area contributed by atoms with Crippen LogP contribution in [0.1, 0.15) is 54.4 Å². The molecule has 2 aromatic carbocycles. The number of halogens is 3. The molecule has 1 aliphatic heterocycles. The van der Waals surface area contributed by atoms with E-state index in [2.05, 4.69) is 22.3 Å². The molecule has 0 radical (unpaired) electrons. The number of ether oxygens (including phenoxy) is 1. The van der Waals surface area contributed by atoms with Crippen molar-refractivity contribution < 1.29 is 35.9 Å². The van der Waals surface area contributed by atoms with Gasteiger partial charge in [0.2, 0.25) is 5.91 Å². The molecule has 1 heterocycles. The van der Waals surface area contributed by atoms with Crippen LogP contribution in [0.3, 0.4) is 0 Å². The lowest BCUT2D eigenvalue weighted by atomic mass is 10.1. The molecule has 0 spiro atoms. The van der Waals surface area contributed by atoms with Crippen molar-refractivity contribution in [2.45, 2.75) is 56.5 Å². The van der Waals surface area contributed by atoms with Crippen molar-refractivity contribution >= 4 is 21.7 Å². The van der Waals surface area contributed by atoms with E-state index in [4.69, 9.17) is 0 Å². The number of carbonyl (C=O) groups excluding carboxylic acids is 2. The Morgan fingerprint density at radius 2 is 1.70 bits per heavy atom. The third-order valence-electron chi connectivity index (χ3n) is 7.50. The average Bonchev–Trinajstić information content (AvgIpc) is 3.58. The predicted octanol–water partition coefficient (Wildman–Crippen LogP) is 3.65. The van der Waals surface area contributed by atoms with Gasteiger partial charge in [0.15, 0.2) is 9.84 Å². The van der Waals surface area contributed by atoms with Crippen LogP contribution < -0.4 is 15.4 Å². The first-order chi connectivity index (χ1) is 18.9. The second kappa shape index (κ2) is 12.2. The molecule has 1 saturated heterocycles. The fourth-order valence-corrected chi connectivity index (χ4v) is 6.24. The van der Waals surface area contributed by atoms with Crippen LogP contribution in [0.4, 0.5) is 13.2 Å². The van der Waals surface area contributed by atoms with Crippen LogP contribution in [0.5, 0.6) is 5.75 Å². The minimum atomic E-state index is -4.72. The fraction of sp³-hybridized carbons (Fsp3) is 0.500. The molecular formula is C28H34F3N3O5S. The van der Waals surface area contributed by atoms with Crippen molar-refractivity contribution in [2.75, 3.05) is 31.1 Å². The number of benzene rings is 2. The minimum Gasteiger partial charge on any atom is -0.406 e. The Bertz CT molecular complexity index is 1270. The van der Waals surface area contributed by atoms with Gasteiger partial charge in [-0.05, 0) is 69.0 Å². The van der Waals surface area contributed by atoms with Crippen LogP contribution in [0.25, 0.3) is 0 Å². The molecule has 8 nitrogen and oxygen atoms in total.